The molecule has 1 aliphatic heterocycles. The fraction of sp³-hybridized carbons (Fsp3) is 0.259. The number of esters is 1. The first kappa shape index (κ1) is 23.7. The van der Waals surface area contributed by atoms with Crippen LogP contribution in [0, 0.1) is 20.8 Å². The van der Waals surface area contributed by atoms with Crippen molar-refractivity contribution in [3.05, 3.63) is 73.0 Å². The zero-order valence-corrected chi connectivity index (χ0v) is 22.5. The second-order valence-corrected chi connectivity index (χ2v) is 9.55. The summed E-state index contributed by atoms with van der Waals surface area (Å²) < 4.78 is 13.6. The maximum atomic E-state index is 12.9. The molecule has 4 nitrogen and oxygen atoms in total. The molecule has 2 aromatic carbocycles. The lowest BCUT2D eigenvalue weighted by atomic mass is 9.89. The number of nitrogens with zero attached hydrogens (tertiary/aromatic N) is 1. The lowest BCUT2D eigenvalue weighted by molar-refractivity contribution is 0.0527. The number of hydrogen-bond donors (Lipinski definition) is 0. The highest BCUT2D eigenvalue weighted by molar-refractivity contribution is 9.11. The third-order valence-corrected chi connectivity index (χ3v) is 7.55. The smallest absolute Gasteiger partial charge is 0.338 e. The van der Waals surface area contributed by atoms with Crippen molar-refractivity contribution in [2.24, 2.45) is 4.99 Å². The van der Waals surface area contributed by atoms with E-state index in [1.54, 1.807) is 0 Å². The van der Waals surface area contributed by atoms with Gasteiger partial charge in [-0.2, -0.15) is 0 Å². The van der Waals surface area contributed by atoms with Gasteiger partial charge in [-0.05, 0) is 107 Å². The molecule has 0 fully saturated rings. The summed E-state index contributed by atoms with van der Waals surface area (Å²) in [5.74, 6) is 0.351. The van der Waals surface area contributed by atoms with E-state index in [1.807, 2.05) is 45.0 Å². The maximum Gasteiger partial charge on any atom is 0.338 e. The Morgan fingerprint density at radius 3 is 2.42 bits per heavy atom. The molecule has 1 aliphatic carbocycles. The number of aryl methyl sites for hydroxylation is 2. The summed E-state index contributed by atoms with van der Waals surface area (Å²) >= 11 is 7.52. The van der Waals surface area contributed by atoms with Gasteiger partial charge < -0.3 is 9.15 Å². The average Bonchev–Trinajstić information content (AvgIpc) is 2.80. The highest BCUT2D eigenvalue weighted by atomic mass is 79.9. The normalized spacial score (nSPS) is 12.0. The van der Waals surface area contributed by atoms with Gasteiger partial charge in [-0.3, -0.25) is 4.99 Å². The topological polar surface area (TPSA) is 51.8 Å². The summed E-state index contributed by atoms with van der Waals surface area (Å²) in [5, 5.41) is 1.80. The minimum absolute atomic E-state index is 0.315. The van der Waals surface area contributed by atoms with Crippen LogP contribution in [0.15, 0.2) is 54.8 Å². The number of carbonyl (C=O) groups excluding carboxylic acids is 1. The molecule has 0 unspecified atom stereocenters. The van der Waals surface area contributed by atoms with Crippen LogP contribution >= 0.6 is 31.9 Å². The third-order valence-electron chi connectivity index (χ3n) is 5.86. The molecule has 0 atom stereocenters. The number of rotatable bonds is 4. The highest BCUT2D eigenvalue weighted by Crippen LogP contribution is 2.46. The minimum atomic E-state index is -0.341. The Hall–Kier alpha value is -2.44. The van der Waals surface area contributed by atoms with Gasteiger partial charge >= 0.3 is 5.97 Å². The van der Waals surface area contributed by atoms with Crippen molar-refractivity contribution in [2.75, 3.05) is 13.2 Å². The lowest BCUT2D eigenvalue weighted by Gasteiger charge is -2.21. The van der Waals surface area contributed by atoms with Crippen LogP contribution in [0.4, 0.5) is 0 Å². The number of fused-ring (bicyclic) bond motifs is 2. The van der Waals surface area contributed by atoms with Crippen molar-refractivity contribution < 1.29 is 13.9 Å². The number of hydrogen-bond acceptors (Lipinski definition) is 4. The molecule has 0 amide bonds. The molecular formula is C27H25Br2NO3. The Morgan fingerprint density at radius 1 is 1.00 bits per heavy atom. The first-order valence-electron chi connectivity index (χ1n) is 10.9. The quantitative estimate of drug-likeness (QED) is 0.186. The van der Waals surface area contributed by atoms with Gasteiger partial charge in [-0.25, -0.2) is 4.79 Å². The van der Waals surface area contributed by atoms with E-state index in [9.17, 15) is 4.79 Å². The van der Waals surface area contributed by atoms with E-state index in [-0.39, 0.29) is 5.97 Å². The largest absolute Gasteiger partial charge is 0.462 e. The average molecular weight is 571 g/mol. The van der Waals surface area contributed by atoms with Gasteiger partial charge in [-0.1, -0.05) is 18.2 Å². The van der Waals surface area contributed by atoms with Gasteiger partial charge in [-0.15, -0.1) is 0 Å². The fourth-order valence-electron chi connectivity index (χ4n) is 4.15. The van der Waals surface area contributed by atoms with Crippen molar-refractivity contribution in [1.29, 1.82) is 0 Å². The van der Waals surface area contributed by atoms with Crippen LogP contribution in [0.5, 0.6) is 0 Å². The van der Waals surface area contributed by atoms with E-state index in [4.69, 9.17) is 9.15 Å². The molecule has 0 bridgehead atoms. The molecule has 170 valence electrons. The van der Waals surface area contributed by atoms with Gasteiger partial charge in [0.1, 0.15) is 5.58 Å². The van der Waals surface area contributed by atoms with Crippen LogP contribution in [-0.2, 0) is 4.74 Å². The standard InChI is InChI=1S/C27H25Br2NO3/c1-6-30-24-15(4)13-20-21(17-10-8-9-11-18(17)27(31)32-7-2)19-12-14(3)16(5)22(28)25(19)33-26(20)23(24)29/h8-13H,6-7H2,1-5H3/b30-24-. The Balaban J connectivity index is 2.26. The summed E-state index contributed by atoms with van der Waals surface area (Å²) in [5.41, 5.74) is 7.18. The van der Waals surface area contributed by atoms with Crippen LogP contribution in [0.1, 0.15) is 40.9 Å². The van der Waals surface area contributed by atoms with E-state index < -0.39 is 0 Å². The fourth-order valence-corrected chi connectivity index (χ4v) is 5.49. The molecule has 0 saturated carbocycles. The van der Waals surface area contributed by atoms with E-state index in [0.717, 1.165) is 58.7 Å². The maximum absolute atomic E-state index is 12.9. The predicted octanol–water partition coefficient (Wildman–Crippen LogP) is 7.75. The lowest BCUT2D eigenvalue weighted by Crippen LogP contribution is -2.13. The van der Waals surface area contributed by atoms with E-state index in [1.165, 1.54) is 0 Å². The van der Waals surface area contributed by atoms with Crippen molar-refractivity contribution in [3.63, 3.8) is 0 Å². The van der Waals surface area contributed by atoms with Gasteiger partial charge in [0, 0.05) is 23.1 Å². The molecule has 1 heterocycles. The molecular weight excluding hydrogens is 546 g/mol. The number of ether oxygens (including phenoxy) is 1. The summed E-state index contributed by atoms with van der Waals surface area (Å²) in [4.78, 5) is 17.6. The van der Waals surface area contributed by atoms with Crippen molar-refractivity contribution >= 4 is 48.8 Å². The third kappa shape index (κ3) is 4.04. The van der Waals surface area contributed by atoms with Crippen LogP contribution in [0.3, 0.4) is 0 Å². The Labute approximate surface area is 210 Å². The molecule has 0 N–H and O–H groups in total. The van der Waals surface area contributed by atoms with Gasteiger partial charge in [0.05, 0.1) is 26.5 Å². The molecule has 0 spiro atoms. The molecule has 2 aromatic rings. The zero-order chi connectivity index (χ0) is 23.9. The van der Waals surface area contributed by atoms with Crippen molar-refractivity contribution in [2.45, 2.75) is 34.6 Å². The van der Waals surface area contributed by atoms with E-state index >= 15 is 0 Å². The van der Waals surface area contributed by atoms with E-state index in [0.29, 0.717) is 24.5 Å². The van der Waals surface area contributed by atoms with Crippen LogP contribution < -0.4 is 5.36 Å². The monoisotopic (exact) mass is 569 g/mol. The molecule has 0 saturated heterocycles. The molecule has 6 heteroatoms. The summed E-state index contributed by atoms with van der Waals surface area (Å²) in [6.07, 6.45) is 0. The number of benzene rings is 3. The number of halogens is 2. The minimum Gasteiger partial charge on any atom is -0.462 e. The van der Waals surface area contributed by atoms with E-state index in [2.05, 4.69) is 62.8 Å². The second-order valence-electron chi connectivity index (χ2n) is 7.96. The zero-order valence-electron chi connectivity index (χ0n) is 19.3. The van der Waals surface area contributed by atoms with Gasteiger partial charge in [0.25, 0.3) is 0 Å². The molecule has 4 rings (SSSR count). The Bertz CT molecular complexity index is 1440. The van der Waals surface area contributed by atoms with Gasteiger partial charge in [0.2, 0.25) is 0 Å². The SMILES string of the molecule is CC/N=c1/c(C)cc2c(-c3ccccc3C(=O)OCC)c3cc(C)c(C)c(Br)c3oc-2c1Br. The molecule has 33 heavy (non-hydrogen) atoms. The van der Waals surface area contributed by atoms with Crippen LogP contribution in [0.2, 0.25) is 0 Å². The van der Waals surface area contributed by atoms with Crippen molar-refractivity contribution in [3.8, 4) is 22.5 Å². The summed E-state index contributed by atoms with van der Waals surface area (Å²) in [6, 6.07) is 11.8. The highest BCUT2D eigenvalue weighted by Gasteiger charge is 2.26. The molecule has 0 radical (unpaired) electrons. The first-order chi connectivity index (χ1) is 15.8. The predicted molar refractivity (Wildman–Crippen MR) is 140 cm³/mol. The van der Waals surface area contributed by atoms with Crippen molar-refractivity contribution in [1.82, 2.24) is 0 Å². The molecule has 2 aliphatic rings. The number of carbonyl (C=O) groups is 1. The second kappa shape index (κ2) is 9.43. The van der Waals surface area contributed by atoms with Crippen LogP contribution in [-0.4, -0.2) is 19.1 Å². The Morgan fingerprint density at radius 2 is 1.73 bits per heavy atom. The van der Waals surface area contributed by atoms with Crippen LogP contribution in [0.25, 0.3) is 33.4 Å². The summed E-state index contributed by atoms with van der Waals surface area (Å²) in [7, 11) is 0. The summed E-state index contributed by atoms with van der Waals surface area (Å²) in [6.45, 7) is 11.0. The first-order valence-corrected chi connectivity index (χ1v) is 12.5. The Kier molecular flexibility index (Phi) is 6.78. The van der Waals surface area contributed by atoms with Gasteiger partial charge in [0.15, 0.2) is 5.76 Å². The molecule has 0 aromatic heterocycles.